The zero-order valence-corrected chi connectivity index (χ0v) is 30.0. The molecule has 1 N–H and O–H groups in total. The highest BCUT2D eigenvalue weighted by Gasteiger charge is 2.58. The quantitative estimate of drug-likeness (QED) is 0.135. The van der Waals surface area contributed by atoms with Crippen molar-refractivity contribution in [2.75, 3.05) is 26.2 Å². The second kappa shape index (κ2) is 15.6. The minimum Gasteiger partial charge on any atom is -0.361 e. The van der Waals surface area contributed by atoms with Gasteiger partial charge in [-0.1, -0.05) is 46.3 Å². The smallest absolute Gasteiger partial charge is 0.224 e. The average Bonchev–Trinajstić information content (AvgIpc) is 3.59. The Labute approximate surface area is 272 Å². The van der Waals surface area contributed by atoms with Crippen molar-refractivity contribution >= 4 is 35.7 Å². The molecule has 1 aliphatic heterocycles. The van der Waals surface area contributed by atoms with Gasteiger partial charge < -0.3 is 19.5 Å². The van der Waals surface area contributed by atoms with Crippen LogP contribution in [0.5, 0.6) is 0 Å². The van der Waals surface area contributed by atoms with Gasteiger partial charge in [-0.2, -0.15) is 0 Å². The molecular weight excluding hydrogens is 639 g/mol. The molecule has 10 heteroatoms. The van der Waals surface area contributed by atoms with Crippen molar-refractivity contribution in [3.8, 4) is 11.4 Å². The second-order valence-electron chi connectivity index (χ2n) is 14.0. The number of ether oxygens (including phenoxy) is 1. The molecule has 2 fully saturated rings. The Morgan fingerprint density at radius 3 is 2.48 bits per heavy atom. The maximum Gasteiger partial charge on any atom is 0.224 e. The topological polar surface area (TPSA) is 76.5 Å². The first-order chi connectivity index (χ1) is 21.0. The standard InChI is InChI=1S/C34H52BrFN4O3Si/c1-6-27(41)11-9-8-10-12-29(37-33(42)28-23-34(28)17-19-39(7-2)20-18-34)30-31(35)38-32(25-13-15-26(36)16-14-25)40(30)24-43-21-22-44(3,4)5/h13-16,28-29H,6-12,17-24H2,1-5H3,(H,37,42)/t28-,29+/m1/s1. The summed E-state index contributed by atoms with van der Waals surface area (Å²) in [5.74, 6) is 0.854. The number of nitrogens with zero attached hydrogens (tertiary/aromatic N) is 3. The number of imidazole rings is 1. The van der Waals surface area contributed by atoms with Crippen LogP contribution in [0.2, 0.25) is 25.7 Å². The molecule has 2 heterocycles. The molecule has 1 aromatic heterocycles. The molecule has 244 valence electrons. The van der Waals surface area contributed by atoms with Crippen LogP contribution in [0.25, 0.3) is 11.4 Å². The summed E-state index contributed by atoms with van der Waals surface area (Å²) in [7, 11) is -1.28. The molecule has 1 saturated heterocycles. The molecule has 1 aliphatic carbocycles. The molecule has 1 spiro atoms. The van der Waals surface area contributed by atoms with Crippen molar-refractivity contribution in [2.45, 2.75) is 110 Å². The van der Waals surface area contributed by atoms with E-state index in [0.717, 1.165) is 81.9 Å². The third kappa shape index (κ3) is 9.33. The van der Waals surface area contributed by atoms with Gasteiger partial charge in [0.2, 0.25) is 5.91 Å². The zero-order chi connectivity index (χ0) is 31.9. The Kier molecular flexibility index (Phi) is 12.4. The van der Waals surface area contributed by atoms with Crippen LogP contribution in [-0.4, -0.2) is 60.5 Å². The summed E-state index contributed by atoms with van der Waals surface area (Å²) in [4.78, 5) is 33.1. The lowest BCUT2D eigenvalue weighted by Gasteiger charge is -2.32. The summed E-state index contributed by atoms with van der Waals surface area (Å²) in [5, 5.41) is 3.45. The number of amides is 1. The van der Waals surface area contributed by atoms with Gasteiger partial charge in [0.25, 0.3) is 0 Å². The monoisotopic (exact) mass is 690 g/mol. The van der Waals surface area contributed by atoms with E-state index in [1.165, 1.54) is 12.1 Å². The number of Topliss-reactive ketones (excluding diaryl/α,β-unsaturated/α-hetero) is 1. The molecule has 2 aliphatic rings. The van der Waals surface area contributed by atoms with E-state index >= 15 is 0 Å². The fourth-order valence-corrected chi connectivity index (χ4v) is 7.83. The van der Waals surface area contributed by atoms with E-state index in [2.05, 4.69) is 57.3 Å². The molecule has 44 heavy (non-hydrogen) atoms. The number of ketones is 1. The van der Waals surface area contributed by atoms with E-state index in [1.54, 1.807) is 12.1 Å². The predicted molar refractivity (Wildman–Crippen MR) is 181 cm³/mol. The van der Waals surface area contributed by atoms with Gasteiger partial charge in [-0.3, -0.25) is 9.59 Å². The number of carbonyl (C=O) groups excluding carboxylic acids is 2. The molecule has 0 unspecified atom stereocenters. The summed E-state index contributed by atoms with van der Waals surface area (Å²) in [6.45, 7) is 15.2. The molecule has 0 bridgehead atoms. The van der Waals surface area contributed by atoms with Crippen LogP contribution < -0.4 is 5.32 Å². The third-order valence-corrected chi connectivity index (χ3v) is 11.9. The first kappa shape index (κ1) is 35.0. The zero-order valence-electron chi connectivity index (χ0n) is 27.4. The highest BCUT2D eigenvalue weighted by atomic mass is 79.9. The molecule has 2 aromatic rings. The van der Waals surface area contributed by atoms with Gasteiger partial charge in [0.05, 0.1) is 11.7 Å². The van der Waals surface area contributed by atoms with Crippen molar-refractivity contribution < 1.29 is 18.7 Å². The summed E-state index contributed by atoms with van der Waals surface area (Å²) in [6, 6.07) is 7.14. The number of piperidine rings is 1. The first-order valence-corrected chi connectivity index (χ1v) is 21.1. The van der Waals surface area contributed by atoms with Gasteiger partial charge in [-0.25, -0.2) is 9.37 Å². The first-order valence-electron chi connectivity index (χ1n) is 16.6. The minimum absolute atomic E-state index is 0.0471. The van der Waals surface area contributed by atoms with Crippen LogP contribution in [0.4, 0.5) is 4.39 Å². The van der Waals surface area contributed by atoms with E-state index < -0.39 is 8.07 Å². The average molecular weight is 692 g/mol. The number of carbonyl (C=O) groups is 2. The largest absolute Gasteiger partial charge is 0.361 e. The summed E-state index contributed by atoms with van der Waals surface area (Å²) >= 11 is 3.74. The highest BCUT2D eigenvalue weighted by Crippen LogP contribution is 2.59. The lowest BCUT2D eigenvalue weighted by Crippen LogP contribution is -2.38. The van der Waals surface area contributed by atoms with E-state index in [1.807, 2.05) is 6.92 Å². The summed E-state index contributed by atoms with van der Waals surface area (Å²) in [5.41, 5.74) is 1.81. The summed E-state index contributed by atoms with van der Waals surface area (Å²) < 4.78 is 22.8. The van der Waals surface area contributed by atoms with Crippen LogP contribution in [0.3, 0.4) is 0 Å². The van der Waals surface area contributed by atoms with Gasteiger partial charge in [0.15, 0.2) is 0 Å². The van der Waals surface area contributed by atoms with Gasteiger partial charge >= 0.3 is 0 Å². The highest BCUT2D eigenvalue weighted by molar-refractivity contribution is 9.10. The predicted octanol–water partition coefficient (Wildman–Crippen LogP) is 7.97. The van der Waals surface area contributed by atoms with E-state index in [-0.39, 0.29) is 29.1 Å². The fourth-order valence-electron chi connectivity index (χ4n) is 6.41. The lowest BCUT2D eigenvalue weighted by atomic mass is 9.90. The number of unbranched alkanes of at least 4 members (excludes halogenated alkanes) is 2. The van der Waals surface area contributed by atoms with E-state index in [0.29, 0.717) is 42.4 Å². The Bertz CT molecular complexity index is 1250. The maximum absolute atomic E-state index is 13.9. The number of hydrogen-bond donors (Lipinski definition) is 1. The molecule has 4 rings (SSSR count). The van der Waals surface area contributed by atoms with Crippen molar-refractivity contribution in [2.24, 2.45) is 11.3 Å². The Morgan fingerprint density at radius 2 is 1.84 bits per heavy atom. The van der Waals surface area contributed by atoms with Gasteiger partial charge in [0, 0.05) is 39.0 Å². The van der Waals surface area contributed by atoms with Crippen molar-refractivity contribution in [3.05, 3.63) is 40.4 Å². The van der Waals surface area contributed by atoms with Gasteiger partial charge in [0.1, 0.15) is 28.8 Å². The molecule has 0 radical (unpaired) electrons. The van der Waals surface area contributed by atoms with E-state index in [4.69, 9.17) is 9.72 Å². The van der Waals surface area contributed by atoms with Crippen molar-refractivity contribution in [1.29, 1.82) is 0 Å². The maximum atomic E-state index is 13.9. The molecule has 2 atom stereocenters. The number of rotatable bonds is 17. The molecule has 7 nitrogen and oxygen atoms in total. The Morgan fingerprint density at radius 1 is 1.14 bits per heavy atom. The van der Waals surface area contributed by atoms with Crippen LogP contribution in [0.1, 0.15) is 83.4 Å². The second-order valence-corrected chi connectivity index (χ2v) is 20.4. The van der Waals surface area contributed by atoms with Gasteiger partial charge in [-0.15, -0.1) is 0 Å². The molecule has 1 amide bonds. The Balaban J connectivity index is 1.58. The normalized spacial score (nSPS) is 18.8. The number of aromatic nitrogens is 2. The lowest BCUT2D eigenvalue weighted by molar-refractivity contribution is -0.124. The number of hydrogen-bond acceptors (Lipinski definition) is 5. The minimum atomic E-state index is -1.28. The number of halogens is 2. The molecule has 1 saturated carbocycles. The van der Waals surface area contributed by atoms with Gasteiger partial charge in [-0.05, 0) is 103 Å². The van der Waals surface area contributed by atoms with Crippen LogP contribution in [-0.2, 0) is 21.1 Å². The summed E-state index contributed by atoms with van der Waals surface area (Å²) in [6.07, 6.45) is 7.69. The SMILES string of the molecule is CCC(=O)CCCCC[C@H](NC(=O)[C@H]1CC12CCN(CC)CC2)c1c(Br)nc(-c2ccc(F)cc2)n1COCC[Si](C)(C)C. The van der Waals surface area contributed by atoms with Crippen molar-refractivity contribution in [3.63, 3.8) is 0 Å². The number of benzene rings is 1. The van der Waals surface area contributed by atoms with Crippen LogP contribution in [0.15, 0.2) is 28.9 Å². The third-order valence-electron chi connectivity index (χ3n) is 9.58. The van der Waals surface area contributed by atoms with Crippen LogP contribution >= 0.6 is 15.9 Å². The molecule has 1 aromatic carbocycles. The number of nitrogens with one attached hydrogen (secondary N) is 1. The van der Waals surface area contributed by atoms with Crippen LogP contribution in [0, 0.1) is 17.2 Å². The van der Waals surface area contributed by atoms with Crippen molar-refractivity contribution in [1.82, 2.24) is 19.8 Å². The van der Waals surface area contributed by atoms with E-state index in [9.17, 15) is 14.0 Å². The number of likely N-dealkylation sites (tertiary alicyclic amines) is 1. The molecular formula is C34H52BrFN4O3Si. The fraction of sp³-hybridized carbons (Fsp3) is 0.676. The Hall–Kier alpha value is -1.88.